The Labute approximate surface area is 188 Å². The molecule has 0 unspecified atom stereocenters. The molecule has 0 N–H and O–H groups in total. The van der Waals surface area contributed by atoms with E-state index in [1.54, 1.807) is 11.9 Å². The van der Waals surface area contributed by atoms with Gasteiger partial charge >= 0.3 is 6.09 Å². The maximum atomic E-state index is 13.0. The number of ether oxygens (including phenoxy) is 1. The molecule has 1 fully saturated rings. The number of hydrogen-bond donors (Lipinski definition) is 0. The minimum Gasteiger partial charge on any atom is -0.445 e. The number of carbonyl (C=O) groups is 2. The Morgan fingerprint density at radius 3 is 2.10 bits per heavy atom. The zero-order valence-electron chi connectivity index (χ0n) is 18.0. The fraction of sp³-hybridized carbons (Fsp3) is 0.417. The van der Waals surface area contributed by atoms with E-state index in [4.69, 9.17) is 21.2 Å². The van der Waals surface area contributed by atoms with Gasteiger partial charge in [0.15, 0.2) is 0 Å². The Kier molecular flexibility index (Phi) is 7.93. The van der Waals surface area contributed by atoms with Crippen LogP contribution in [0.25, 0.3) is 0 Å². The molecule has 0 aromatic heterocycles. The van der Waals surface area contributed by atoms with Crippen LogP contribution in [0.4, 0.5) is 4.79 Å². The third-order valence-corrected chi connectivity index (χ3v) is 6.31. The van der Waals surface area contributed by atoms with Gasteiger partial charge in [0.25, 0.3) is 5.91 Å². The van der Waals surface area contributed by atoms with Gasteiger partial charge in [0.1, 0.15) is 11.5 Å². The predicted octanol–water partition coefficient (Wildman–Crippen LogP) is 4.77. The first-order valence-corrected chi connectivity index (χ1v) is 10.8. The number of benzene rings is 2. The lowest BCUT2D eigenvalue weighted by atomic mass is 9.84. The van der Waals surface area contributed by atoms with Crippen molar-refractivity contribution in [3.8, 4) is 0 Å². The molecular weight excluding hydrogens is 416 g/mol. The van der Waals surface area contributed by atoms with Gasteiger partial charge in [0, 0.05) is 19.6 Å². The summed E-state index contributed by atoms with van der Waals surface area (Å²) >= 11 is 6.64. The number of carbonyl (C=O) groups excluding carboxylic acids is 2. The van der Waals surface area contributed by atoms with Gasteiger partial charge in [0.2, 0.25) is 0 Å². The van der Waals surface area contributed by atoms with Crippen LogP contribution in [0.5, 0.6) is 0 Å². The fourth-order valence-corrected chi connectivity index (χ4v) is 4.21. The minimum atomic E-state index is -1.01. The maximum absolute atomic E-state index is 13.0. The molecule has 2 aromatic rings. The van der Waals surface area contributed by atoms with Gasteiger partial charge in [-0.05, 0) is 36.8 Å². The van der Waals surface area contributed by atoms with Crippen LogP contribution in [0.15, 0.2) is 60.7 Å². The quantitative estimate of drug-likeness (QED) is 0.456. The summed E-state index contributed by atoms with van der Waals surface area (Å²) in [4.78, 5) is 31.4. The molecule has 0 heterocycles. The van der Waals surface area contributed by atoms with Gasteiger partial charge in [-0.2, -0.15) is 0 Å². The number of hydrogen-bond acceptors (Lipinski definition) is 4. The summed E-state index contributed by atoms with van der Waals surface area (Å²) in [5, 5.41) is 1.17. The average molecular weight is 445 g/mol. The summed E-state index contributed by atoms with van der Waals surface area (Å²) in [6.45, 7) is 0.661. The van der Waals surface area contributed by atoms with E-state index < -0.39 is 4.87 Å². The lowest BCUT2D eigenvalue weighted by molar-refractivity contribution is -0.173. The first-order valence-electron chi connectivity index (χ1n) is 10.5. The van der Waals surface area contributed by atoms with Crippen LogP contribution in [0.2, 0.25) is 0 Å². The molecule has 1 saturated carbocycles. The molecule has 0 spiro atoms. The molecule has 0 bridgehead atoms. The summed E-state index contributed by atoms with van der Waals surface area (Å²) in [6.07, 6.45) is 1.78. The molecule has 166 valence electrons. The highest BCUT2D eigenvalue weighted by Gasteiger charge is 2.44. The van der Waals surface area contributed by atoms with Crippen molar-refractivity contribution in [2.75, 3.05) is 14.2 Å². The Bertz CT molecular complexity index is 854. The smallest absolute Gasteiger partial charge is 0.410 e. The van der Waals surface area contributed by atoms with Crippen molar-refractivity contribution in [3.63, 3.8) is 0 Å². The normalized spacial score (nSPS) is 20.7. The van der Waals surface area contributed by atoms with Crippen molar-refractivity contribution >= 4 is 23.6 Å². The molecule has 2 aromatic carbocycles. The fourth-order valence-electron chi connectivity index (χ4n) is 3.88. The van der Waals surface area contributed by atoms with Crippen molar-refractivity contribution < 1.29 is 19.2 Å². The van der Waals surface area contributed by atoms with Crippen LogP contribution < -0.4 is 0 Å². The molecule has 31 heavy (non-hydrogen) atoms. The van der Waals surface area contributed by atoms with Crippen LogP contribution in [0.1, 0.15) is 36.8 Å². The van der Waals surface area contributed by atoms with E-state index in [0.717, 1.165) is 11.1 Å². The second kappa shape index (κ2) is 10.6. The standard InChI is InChI=1S/C24H29ClN2O4/c1-26(30-2)22(28)24(25)15-13-21(14-16-24)27(17-19-9-5-3-6-10-19)23(29)31-18-20-11-7-4-8-12-20/h3-12,21H,13-18H2,1-2H3/t21-,24-. The lowest BCUT2D eigenvalue weighted by Gasteiger charge is -2.40. The first kappa shape index (κ1) is 23.1. The predicted molar refractivity (Wildman–Crippen MR) is 119 cm³/mol. The second-order valence-corrected chi connectivity index (χ2v) is 8.56. The summed E-state index contributed by atoms with van der Waals surface area (Å²) in [7, 11) is 3.00. The van der Waals surface area contributed by atoms with E-state index in [1.807, 2.05) is 60.7 Å². The van der Waals surface area contributed by atoms with Gasteiger partial charge in [-0.1, -0.05) is 60.7 Å². The van der Waals surface area contributed by atoms with Crippen LogP contribution in [-0.2, 0) is 27.5 Å². The number of alkyl halides is 1. The van der Waals surface area contributed by atoms with Crippen LogP contribution in [0.3, 0.4) is 0 Å². The van der Waals surface area contributed by atoms with Crippen molar-refractivity contribution in [3.05, 3.63) is 71.8 Å². The number of hydroxylamine groups is 2. The molecule has 0 atom stereocenters. The minimum absolute atomic E-state index is 0.0593. The largest absolute Gasteiger partial charge is 0.445 e. The first-order chi connectivity index (χ1) is 14.9. The lowest BCUT2D eigenvalue weighted by Crippen LogP contribution is -2.50. The Morgan fingerprint density at radius 2 is 1.55 bits per heavy atom. The van der Waals surface area contributed by atoms with Gasteiger partial charge < -0.3 is 9.64 Å². The third-order valence-electron chi connectivity index (χ3n) is 5.77. The summed E-state index contributed by atoms with van der Waals surface area (Å²) in [5.74, 6) is -0.253. The van der Waals surface area contributed by atoms with E-state index in [2.05, 4.69) is 0 Å². The molecule has 7 heteroatoms. The van der Waals surface area contributed by atoms with Gasteiger partial charge in [-0.25, -0.2) is 9.86 Å². The SMILES string of the molecule is CON(C)C(=O)[C@]1(Cl)CC[C@H](N(Cc2ccccc2)C(=O)OCc2ccccc2)CC1. The second-order valence-electron chi connectivity index (χ2n) is 7.84. The number of nitrogens with zero attached hydrogens (tertiary/aromatic N) is 2. The van der Waals surface area contributed by atoms with Crippen molar-refractivity contribution in [1.29, 1.82) is 0 Å². The van der Waals surface area contributed by atoms with Crippen molar-refractivity contribution in [1.82, 2.24) is 9.96 Å². The summed E-state index contributed by atoms with van der Waals surface area (Å²) in [5.41, 5.74) is 1.96. The van der Waals surface area contributed by atoms with E-state index in [1.165, 1.54) is 12.2 Å². The number of amides is 2. The van der Waals surface area contributed by atoms with Crippen molar-refractivity contribution in [2.24, 2.45) is 0 Å². The van der Waals surface area contributed by atoms with Crippen LogP contribution in [0, 0.1) is 0 Å². The molecule has 3 rings (SSSR count). The summed E-state index contributed by atoms with van der Waals surface area (Å²) in [6, 6.07) is 19.4. The molecule has 1 aliphatic carbocycles. The van der Waals surface area contributed by atoms with Crippen molar-refractivity contribution in [2.45, 2.75) is 49.8 Å². The van der Waals surface area contributed by atoms with E-state index in [0.29, 0.717) is 32.2 Å². The van der Waals surface area contributed by atoms with Crippen LogP contribution >= 0.6 is 11.6 Å². The molecule has 0 radical (unpaired) electrons. The molecular formula is C24H29ClN2O4. The number of rotatable bonds is 7. The van der Waals surface area contributed by atoms with E-state index in [-0.39, 0.29) is 24.6 Å². The average Bonchev–Trinajstić information content (AvgIpc) is 2.82. The Morgan fingerprint density at radius 1 is 1.00 bits per heavy atom. The number of halogens is 1. The van der Waals surface area contributed by atoms with E-state index >= 15 is 0 Å². The molecule has 6 nitrogen and oxygen atoms in total. The van der Waals surface area contributed by atoms with Gasteiger partial charge in [-0.3, -0.25) is 9.63 Å². The third kappa shape index (κ3) is 5.99. The zero-order chi connectivity index (χ0) is 22.3. The molecule has 2 amide bonds. The molecule has 0 aliphatic heterocycles. The zero-order valence-corrected chi connectivity index (χ0v) is 18.8. The van der Waals surface area contributed by atoms with E-state index in [9.17, 15) is 9.59 Å². The molecule has 1 aliphatic rings. The maximum Gasteiger partial charge on any atom is 0.410 e. The molecule has 0 saturated heterocycles. The monoisotopic (exact) mass is 444 g/mol. The highest BCUT2D eigenvalue weighted by Crippen LogP contribution is 2.38. The Hall–Kier alpha value is -2.57. The Balaban J connectivity index is 1.69. The van der Waals surface area contributed by atoms with Crippen LogP contribution in [-0.4, -0.2) is 47.0 Å². The summed E-state index contributed by atoms with van der Waals surface area (Å²) < 4.78 is 5.63. The topological polar surface area (TPSA) is 59.1 Å². The van der Waals surface area contributed by atoms with Gasteiger partial charge in [0.05, 0.1) is 7.11 Å². The highest BCUT2D eigenvalue weighted by molar-refractivity contribution is 6.34. The van der Waals surface area contributed by atoms with Gasteiger partial charge in [-0.15, -0.1) is 11.6 Å². The highest BCUT2D eigenvalue weighted by atomic mass is 35.5.